The first-order valence-corrected chi connectivity index (χ1v) is 9.37. The molecule has 0 atom stereocenters. The summed E-state index contributed by atoms with van der Waals surface area (Å²) in [6.07, 6.45) is 5.92. The lowest BCUT2D eigenvalue weighted by Gasteiger charge is -2.43. The third-order valence-corrected chi connectivity index (χ3v) is 4.95. The molecule has 0 saturated heterocycles. The van der Waals surface area contributed by atoms with Gasteiger partial charge in [0.1, 0.15) is 0 Å². The van der Waals surface area contributed by atoms with Gasteiger partial charge in [-0.05, 0) is 31.2 Å². The van der Waals surface area contributed by atoms with Crippen LogP contribution in [-0.2, 0) is 14.9 Å². The van der Waals surface area contributed by atoms with E-state index in [9.17, 15) is 0 Å². The summed E-state index contributed by atoms with van der Waals surface area (Å²) in [5.41, 5.74) is 1.71. The second-order valence-electron chi connectivity index (χ2n) is 6.66. The highest BCUT2D eigenvalue weighted by Gasteiger charge is 2.38. The van der Waals surface area contributed by atoms with Crippen molar-refractivity contribution in [2.45, 2.75) is 37.5 Å². The highest BCUT2D eigenvalue weighted by Crippen LogP contribution is 2.43. The van der Waals surface area contributed by atoms with Gasteiger partial charge in [0.15, 0.2) is 5.96 Å². The van der Waals surface area contributed by atoms with Gasteiger partial charge in [-0.25, -0.2) is 0 Å². The Morgan fingerprint density at radius 3 is 2.52 bits per heavy atom. The van der Waals surface area contributed by atoms with Crippen molar-refractivity contribution in [3.63, 3.8) is 0 Å². The van der Waals surface area contributed by atoms with E-state index in [0.717, 1.165) is 38.5 Å². The number of ether oxygens (including phenoxy) is 2. The van der Waals surface area contributed by atoms with Crippen molar-refractivity contribution in [2.75, 3.05) is 47.1 Å². The summed E-state index contributed by atoms with van der Waals surface area (Å²) in [7, 11) is 3.52. The summed E-state index contributed by atoms with van der Waals surface area (Å²) in [5.74, 6) is 0.891. The third-order valence-electron chi connectivity index (χ3n) is 4.95. The normalized spacial score (nSPS) is 16.3. The van der Waals surface area contributed by atoms with Gasteiger partial charge in [0.25, 0.3) is 0 Å². The van der Waals surface area contributed by atoms with E-state index in [2.05, 4.69) is 46.0 Å². The van der Waals surface area contributed by atoms with E-state index >= 15 is 0 Å². The van der Waals surface area contributed by atoms with Crippen LogP contribution in [0.2, 0.25) is 0 Å². The molecule has 0 spiro atoms. The minimum absolute atomic E-state index is 0.272. The number of unbranched alkanes of at least 4 members (excludes halogenated alkanes) is 1. The van der Waals surface area contributed by atoms with Gasteiger partial charge in [0, 0.05) is 39.3 Å². The predicted octanol–water partition coefficient (Wildman–Crippen LogP) is 2.72. The SMILES string of the molecule is CN=C(NCCCCOCCOC)NCC1(c2ccccc2)CCC1. The molecular formula is C20H33N3O2. The van der Waals surface area contributed by atoms with Gasteiger partial charge in [-0.1, -0.05) is 36.8 Å². The topological polar surface area (TPSA) is 54.9 Å². The first-order chi connectivity index (χ1) is 12.3. The van der Waals surface area contributed by atoms with Crippen LogP contribution in [0.15, 0.2) is 35.3 Å². The lowest BCUT2D eigenvalue weighted by atomic mass is 9.64. The zero-order chi connectivity index (χ0) is 17.8. The molecule has 0 bridgehead atoms. The number of guanidine groups is 1. The minimum atomic E-state index is 0.272. The summed E-state index contributed by atoms with van der Waals surface area (Å²) in [6, 6.07) is 10.9. The molecule has 0 radical (unpaired) electrons. The lowest BCUT2D eigenvalue weighted by molar-refractivity contribution is 0.0689. The van der Waals surface area contributed by atoms with Gasteiger partial charge in [0.2, 0.25) is 0 Å². The van der Waals surface area contributed by atoms with Gasteiger partial charge in [-0.15, -0.1) is 0 Å². The third kappa shape index (κ3) is 6.33. The Balaban J connectivity index is 1.65. The summed E-state index contributed by atoms with van der Waals surface area (Å²) < 4.78 is 10.4. The molecule has 5 heteroatoms. The average Bonchev–Trinajstić information content (AvgIpc) is 2.62. The average molecular weight is 348 g/mol. The van der Waals surface area contributed by atoms with Crippen LogP contribution in [0.5, 0.6) is 0 Å². The number of rotatable bonds is 11. The molecular weight excluding hydrogens is 314 g/mol. The number of benzene rings is 1. The van der Waals surface area contributed by atoms with E-state index in [-0.39, 0.29) is 5.41 Å². The first kappa shape index (κ1) is 19.7. The number of methoxy groups -OCH3 is 1. The molecule has 1 aromatic rings. The quantitative estimate of drug-likeness (QED) is 0.367. The molecule has 0 aromatic heterocycles. The zero-order valence-electron chi connectivity index (χ0n) is 15.7. The maximum atomic E-state index is 5.47. The van der Waals surface area contributed by atoms with Crippen molar-refractivity contribution in [1.29, 1.82) is 0 Å². The molecule has 1 fully saturated rings. The van der Waals surface area contributed by atoms with Crippen molar-refractivity contribution in [1.82, 2.24) is 10.6 Å². The fraction of sp³-hybridized carbons (Fsp3) is 0.650. The number of hydrogen-bond donors (Lipinski definition) is 2. The van der Waals surface area contributed by atoms with E-state index in [1.54, 1.807) is 7.11 Å². The summed E-state index contributed by atoms with van der Waals surface area (Å²) in [4.78, 5) is 4.35. The molecule has 0 unspecified atom stereocenters. The maximum absolute atomic E-state index is 5.47. The second kappa shape index (κ2) is 11.1. The molecule has 0 heterocycles. The minimum Gasteiger partial charge on any atom is -0.382 e. The summed E-state index contributed by atoms with van der Waals surface area (Å²) in [6.45, 7) is 3.98. The van der Waals surface area contributed by atoms with Gasteiger partial charge in [-0.3, -0.25) is 4.99 Å². The van der Waals surface area contributed by atoms with Crippen molar-refractivity contribution in [3.05, 3.63) is 35.9 Å². The van der Waals surface area contributed by atoms with Crippen molar-refractivity contribution in [2.24, 2.45) is 4.99 Å². The molecule has 1 aliphatic carbocycles. The Hall–Kier alpha value is -1.59. The van der Waals surface area contributed by atoms with Crippen LogP contribution in [0, 0.1) is 0 Å². The predicted molar refractivity (Wildman–Crippen MR) is 103 cm³/mol. The number of nitrogens with zero attached hydrogens (tertiary/aromatic N) is 1. The fourth-order valence-electron chi connectivity index (χ4n) is 3.22. The Morgan fingerprint density at radius 2 is 1.88 bits per heavy atom. The Labute approximate surface area is 152 Å². The molecule has 140 valence electrons. The molecule has 25 heavy (non-hydrogen) atoms. The van der Waals surface area contributed by atoms with Gasteiger partial charge in [0.05, 0.1) is 13.2 Å². The molecule has 5 nitrogen and oxygen atoms in total. The van der Waals surface area contributed by atoms with Gasteiger partial charge in [-0.2, -0.15) is 0 Å². The Bertz CT molecular complexity index is 501. The van der Waals surface area contributed by atoms with Crippen LogP contribution >= 0.6 is 0 Å². The Kier molecular flexibility index (Phi) is 8.77. The Morgan fingerprint density at radius 1 is 1.08 bits per heavy atom. The number of aliphatic imine (C=N–C) groups is 1. The van der Waals surface area contributed by atoms with Crippen LogP contribution in [0.4, 0.5) is 0 Å². The molecule has 0 aliphatic heterocycles. The van der Waals surface area contributed by atoms with E-state index in [1.807, 2.05) is 7.05 Å². The molecule has 1 aromatic carbocycles. The van der Waals surface area contributed by atoms with Gasteiger partial charge < -0.3 is 20.1 Å². The number of hydrogen-bond acceptors (Lipinski definition) is 3. The number of nitrogens with one attached hydrogen (secondary N) is 2. The van der Waals surface area contributed by atoms with Gasteiger partial charge >= 0.3 is 0 Å². The fourth-order valence-corrected chi connectivity index (χ4v) is 3.22. The lowest BCUT2D eigenvalue weighted by Crippen LogP contribution is -2.49. The van der Waals surface area contributed by atoms with E-state index in [1.165, 1.54) is 24.8 Å². The molecule has 1 saturated carbocycles. The van der Waals surface area contributed by atoms with E-state index in [4.69, 9.17) is 9.47 Å². The summed E-state index contributed by atoms with van der Waals surface area (Å²) in [5, 5.41) is 6.92. The maximum Gasteiger partial charge on any atom is 0.191 e. The van der Waals surface area contributed by atoms with Crippen LogP contribution in [-0.4, -0.2) is 53.0 Å². The van der Waals surface area contributed by atoms with Crippen LogP contribution in [0.3, 0.4) is 0 Å². The zero-order valence-corrected chi connectivity index (χ0v) is 15.7. The molecule has 2 rings (SSSR count). The van der Waals surface area contributed by atoms with Crippen LogP contribution < -0.4 is 10.6 Å². The van der Waals surface area contributed by atoms with Crippen molar-refractivity contribution in [3.8, 4) is 0 Å². The molecule has 2 N–H and O–H groups in total. The summed E-state index contributed by atoms with van der Waals surface area (Å²) >= 11 is 0. The van der Waals surface area contributed by atoms with Crippen molar-refractivity contribution < 1.29 is 9.47 Å². The van der Waals surface area contributed by atoms with Crippen LogP contribution in [0.1, 0.15) is 37.7 Å². The smallest absolute Gasteiger partial charge is 0.191 e. The monoisotopic (exact) mass is 347 g/mol. The van der Waals surface area contributed by atoms with Crippen LogP contribution in [0.25, 0.3) is 0 Å². The highest BCUT2D eigenvalue weighted by atomic mass is 16.5. The standard InChI is InChI=1S/C20H33N3O2/c1-21-19(22-13-6-7-14-25-16-15-24-2)23-17-20(11-8-12-20)18-9-4-3-5-10-18/h3-5,9-10H,6-8,11-17H2,1-2H3,(H2,21,22,23). The first-order valence-electron chi connectivity index (χ1n) is 9.37. The molecule has 1 aliphatic rings. The van der Waals surface area contributed by atoms with Crippen molar-refractivity contribution >= 4 is 5.96 Å². The van der Waals surface area contributed by atoms with E-state index < -0.39 is 0 Å². The molecule has 0 amide bonds. The highest BCUT2D eigenvalue weighted by molar-refractivity contribution is 5.79. The largest absolute Gasteiger partial charge is 0.382 e. The second-order valence-corrected chi connectivity index (χ2v) is 6.66. The van der Waals surface area contributed by atoms with E-state index in [0.29, 0.717) is 13.2 Å².